The summed E-state index contributed by atoms with van der Waals surface area (Å²) in [6.07, 6.45) is 7.96. The van der Waals surface area contributed by atoms with Crippen molar-refractivity contribution in [1.82, 2.24) is 5.32 Å². The normalized spacial score (nSPS) is 10.9. The van der Waals surface area contributed by atoms with E-state index in [-0.39, 0.29) is 0 Å². The molecule has 2 N–H and O–H groups in total. The summed E-state index contributed by atoms with van der Waals surface area (Å²) in [5.41, 5.74) is 0.813. The van der Waals surface area contributed by atoms with Crippen LogP contribution in [0.3, 0.4) is 0 Å². The second-order valence-electron chi connectivity index (χ2n) is 2.81. The van der Waals surface area contributed by atoms with Gasteiger partial charge < -0.3 is 10.4 Å². The highest BCUT2D eigenvalue weighted by Gasteiger charge is 1.93. The number of hydrogen-bond donors (Lipinski definition) is 2. The maximum Gasteiger partial charge on any atom is 0.328 e. The van der Waals surface area contributed by atoms with E-state index in [1.54, 1.807) is 6.92 Å². The summed E-state index contributed by atoms with van der Waals surface area (Å²) in [5, 5.41) is 11.5. The van der Waals surface area contributed by atoms with Gasteiger partial charge in [-0.2, -0.15) is 0 Å². The second kappa shape index (κ2) is 7.38. The molecule has 3 nitrogen and oxygen atoms in total. The lowest BCUT2D eigenvalue weighted by Gasteiger charge is -2.02. The monoisotopic (exact) mass is 181 g/mol. The Morgan fingerprint density at radius 2 is 2.38 bits per heavy atom. The molecule has 0 aromatic carbocycles. The highest BCUT2D eigenvalue weighted by atomic mass is 16.4. The van der Waals surface area contributed by atoms with Crippen molar-refractivity contribution in [3.05, 3.63) is 11.6 Å². The zero-order valence-corrected chi connectivity index (χ0v) is 7.84. The Morgan fingerprint density at radius 1 is 1.69 bits per heavy atom. The standard InChI is InChI=1S/C10H15NO2/c1-3-4-5-6-11-8-9(2)7-10(12)13/h1,7,11H,4-6,8H2,2H3,(H,12,13). The van der Waals surface area contributed by atoms with E-state index in [0.29, 0.717) is 6.54 Å². The summed E-state index contributed by atoms with van der Waals surface area (Å²) in [4.78, 5) is 10.2. The molecule has 0 heterocycles. The van der Waals surface area contributed by atoms with Gasteiger partial charge in [0.25, 0.3) is 0 Å². The predicted molar refractivity (Wildman–Crippen MR) is 52.3 cm³/mol. The number of rotatable bonds is 6. The van der Waals surface area contributed by atoms with Crippen molar-refractivity contribution >= 4 is 5.97 Å². The van der Waals surface area contributed by atoms with Gasteiger partial charge in [0.05, 0.1) is 0 Å². The topological polar surface area (TPSA) is 49.3 Å². The van der Waals surface area contributed by atoms with E-state index in [9.17, 15) is 4.79 Å². The minimum Gasteiger partial charge on any atom is -0.478 e. The van der Waals surface area contributed by atoms with Gasteiger partial charge in [-0.15, -0.1) is 12.3 Å². The Kier molecular flexibility index (Phi) is 6.66. The third kappa shape index (κ3) is 8.64. The first kappa shape index (κ1) is 11.7. The lowest BCUT2D eigenvalue weighted by Crippen LogP contribution is -2.17. The number of carboxylic acids is 1. The largest absolute Gasteiger partial charge is 0.478 e. The smallest absolute Gasteiger partial charge is 0.328 e. The van der Waals surface area contributed by atoms with Crippen molar-refractivity contribution in [3.8, 4) is 12.3 Å². The number of carboxylic acid groups (broad SMARTS) is 1. The van der Waals surface area contributed by atoms with E-state index in [4.69, 9.17) is 11.5 Å². The Labute approximate surface area is 78.8 Å². The molecule has 0 aromatic rings. The molecular formula is C10H15NO2. The first-order chi connectivity index (χ1) is 6.16. The highest BCUT2D eigenvalue weighted by molar-refractivity contribution is 5.80. The van der Waals surface area contributed by atoms with E-state index in [1.165, 1.54) is 6.08 Å². The van der Waals surface area contributed by atoms with Crippen LogP contribution in [-0.4, -0.2) is 24.2 Å². The Balaban J connectivity index is 3.43. The van der Waals surface area contributed by atoms with Gasteiger partial charge in [-0.25, -0.2) is 4.79 Å². The Bertz CT molecular complexity index is 226. The van der Waals surface area contributed by atoms with Crippen LogP contribution in [0.15, 0.2) is 11.6 Å². The third-order valence-electron chi connectivity index (χ3n) is 1.45. The molecule has 0 radical (unpaired) electrons. The number of unbranched alkanes of at least 4 members (excludes halogenated alkanes) is 1. The lowest BCUT2D eigenvalue weighted by atomic mass is 10.2. The summed E-state index contributed by atoms with van der Waals surface area (Å²) in [5.74, 6) is 1.64. The van der Waals surface area contributed by atoms with Crippen molar-refractivity contribution < 1.29 is 9.90 Å². The summed E-state index contributed by atoms with van der Waals surface area (Å²) in [6, 6.07) is 0. The quantitative estimate of drug-likeness (QED) is 0.365. The average Bonchev–Trinajstić information content (AvgIpc) is 2.02. The van der Waals surface area contributed by atoms with E-state index in [2.05, 4.69) is 11.2 Å². The molecule has 0 aliphatic heterocycles. The molecule has 0 rings (SSSR count). The first-order valence-electron chi connectivity index (χ1n) is 4.21. The number of terminal acetylenes is 1. The fourth-order valence-corrected chi connectivity index (χ4v) is 0.863. The third-order valence-corrected chi connectivity index (χ3v) is 1.45. The van der Waals surface area contributed by atoms with Gasteiger partial charge in [-0.3, -0.25) is 0 Å². The lowest BCUT2D eigenvalue weighted by molar-refractivity contribution is -0.131. The number of hydrogen-bond acceptors (Lipinski definition) is 2. The van der Waals surface area contributed by atoms with Gasteiger partial charge in [0.1, 0.15) is 0 Å². The molecule has 0 fully saturated rings. The first-order valence-corrected chi connectivity index (χ1v) is 4.21. The van der Waals surface area contributed by atoms with Crippen LogP contribution in [0.2, 0.25) is 0 Å². The van der Waals surface area contributed by atoms with E-state index < -0.39 is 5.97 Å². The van der Waals surface area contributed by atoms with Crippen molar-refractivity contribution in [2.75, 3.05) is 13.1 Å². The molecule has 0 atom stereocenters. The van der Waals surface area contributed by atoms with Crippen molar-refractivity contribution in [2.45, 2.75) is 19.8 Å². The van der Waals surface area contributed by atoms with Gasteiger partial charge in [-0.05, 0) is 19.9 Å². The maximum atomic E-state index is 10.2. The molecule has 0 aliphatic carbocycles. The molecule has 0 bridgehead atoms. The van der Waals surface area contributed by atoms with Gasteiger partial charge >= 0.3 is 5.97 Å². The number of nitrogens with one attached hydrogen (secondary N) is 1. The molecular weight excluding hydrogens is 166 g/mol. The van der Waals surface area contributed by atoms with Crippen LogP contribution < -0.4 is 5.32 Å². The van der Waals surface area contributed by atoms with E-state index in [1.807, 2.05) is 0 Å². The maximum absolute atomic E-state index is 10.2. The predicted octanol–water partition coefficient (Wildman–Crippen LogP) is 1.02. The molecule has 0 aromatic heterocycles. The minimum absolute atomic E-state index is 0.608. The Hall–Kier alpha value is -1.27. The van der Waals surface area contributed by atoms with Gasteiger partial charge in [0.15, 0.2) is 0 Å². The van der Waals surface area contributed by atoms with Gasteiger partial charge in [0.2, 0.25) is 0 Å². The highest BCUT2D eigenvalue weighted by Crippen LogP contribution is 1.90. The average molecular weight is 181 g/mol. The van der Waals surface area contributed by atoms with E-state index >= 15 is 0 Å². The number of aliphatic carboxylic acids is 1. The zero-order chi connectivity index (χ0) is 10.1. The van der Waals surface area contributed by atoms with Crippen LogP contribution >= 0.6 is 0 Å². The molecule has 3 heteroatoms. The molecule has 72 valence electrons. The Morgan fingerprint density at radius 3 is 2.92 bits per heavy atom. The second-order valence-corrected chi connectivity index (χ2v) is 2.81. The molecule has 0 spiro atoms. The molecule has 0 aliphatic rings. The minimum atomic E-state index is -0.900. The summed E-state index contributed by atoms with van der Waals surface area (Å²) in [6.45, 7) is 3.22. The van der Waals surface area contributed by atoms with Crippen LogP contribution in [0.5, 0.6) is 0 Å². The van der Waals surface area contributed by atoms with Crippen molar-refractivity contribution in [3.63, 3.8) is 0 Å². The van der Waals surface area contributed by atoms with Crippen LogP contribution in [0.1, 0.15) is 19.8 Å². The fourth-order valence-electron chi connectivity index (χ4n) is 0.863. The molecule has 0 saturated heterocycles. The van der Waals surface area contributed by atoms with Gasteiger partial charge in [0, 0.05) is 19.0 Å². The summed E-state index contributed by atoms with van der Waals surface area (Å²) >= 11 is 0. The zero-order valence-electron chi connectivity index (χ0n) is 7.84. The number of carbonyl (C=O) groups is 1. The van der Waals surface area contributed by atoms with E-state index in [0.717, 1.165) is 25.0 Å². The molecule has 0 saturated carbocycles. The molecule has 0 amide bonds. The summed E-state index contributed by atoms with van der Waals surface area (Å²) < 4.78 is 0. The van der Waals surface area contributed by atoms with Crippen molar-refractivity contribution in [1.29, 1.82) is 0 Å². The molecule has 0 unspecified atom stereocenters. The van der Waals surface area contributed by atoms with Crippen LogP contribution in [0.4, 0.5) is 0 Å². The van der Waals surface area contributed by atoms with Crippen LogP contribution in [-0.2, 0) is 4.79 Å². The van der Waals surface area contributed by atoms with Gasteiger partial charge in [-0.1, -0.05) is 5.57 Å². The SMILES string of the molecule is C#CCCCNCC(C)=CC(=O)O. The van der Waals surface area contributed by atoms with Crippen LogP contribution in [0.25, 0.3) is 0 Å². The van der Waals surface area contributed by atoms with Crippen molar-refractivity contribution in [2.24, 2.45) is 0 Å². The fraction of sp³-hybridized carbons (Fsp3) is 0.500. The molecule has 13 heavy (non-hydrogen) atoms. The summed E-state index contributed by atoms with van der Waals surface area (Å²) in [7, 11) is 0. The van der Waals surface area contributed by atoms with Crippen LogP contribution in [0, 0.1) is 12.3 Å².